The molecule has 1 aromatic carbocycles. The Morgan fingerprint density at radius 3 is 2.69 bits per heavy atom. The van der Waals surface area contributed by atoms with E-state index in [4.69, 9.17) is 0 Å². The summed E-state index contributed by atoms with van der Waals surface area (Å²) in [5, 5.41) is 9.89. The molecule has 0 saturated carbocycles. The lowest BCUT2D eigenvalue weighted by molar-refractivity contribution is -0.122. The fraction of sp³-hybridized carbons (Fsp3) is 0.294. The third kappa shape index (κ3) is 3.88. The van der Waals surface area contributed by atoms with Crippen molar-refractivity contribution in [3.63, 3.8) is 0 Å². The number of nitrogens with zero attached hydrogens (tertiary/aromatic N) is 4. The molecule has 0 radical (unpaired) electrons. The van der Waals surface area contributed by atoms with E-state index in [1.165, 1.54) is 22.7 Å². The summed E-state index contributed by atoms with van der Waals surface area (Å²) in [6, 6.07) is 7.44. The lowest BCUT2D eigenvalue weighted by atomic mass is 10.2. The Morgan fingerprint density at radius 2 is 2.00 bits per heavy atom. The van der Waals surface area contributed by atoms with Crippen molar-refractivity contribution in [1.29, 1.82) is 0 Å². The normalized spacial score (nSPS) is 12.1. The molecule has 2 aromatic heterocycles. The van der Waals surface area contributed by atoms with Crippen molar-refractivity contribution in [2.24, 2.45) is 0 Å². The van der Waals surface area contributed by atoms with Gasteiger partial charge in [-0.1, -0.05) is 6.92 Å². The van der Waals surface area contributed by atoms with Crippen LogP contribution in [0.3, 0.4) is 0 Å². The van der Waals surface area contributed by atoms with Crippen LogP contribution in [0.25, 0.3) is 5.78 Å². The van der Waals surface area contributed by atoms with Crippen molar-refractivity contribution in [3.8, 4) is 0 Å². The molecule has 0 aliphatic carbocycles. The zero-order valence-electron chi connectivity index (χ0n) is 14.4. The van der Waals surface area contributed by atoms with Crippen molar-refractivity contribution in [2.45, 2.75) is 32.9 Å². The first-order valence-electron chi connectivity index (χ1n) is 8.24. The summed E-state index contributed by atoms with van der Waals surface area (Å²) in [4.78, 5) is 28.5. The standard InChI is InChI=1S/C17H19FN6O2/c1-3-11(2)19-15(25)10-24-17(26)23-9-8-14(21-16(23)22-24)20-13-6-4-12(18)5-7-13/h4-9,11H,3,10H2,1-2H3,(H,19,25)(H,20,21,22). The van der Waals surface area contributed by atoms with Crippen LogP contribution in [0, 0.1) is 5.82 Å². The number of rotatable bonds is 6. The van der Waals surface area contributed by atoms with E-state index in [-0.39, 0.29) is 30.1 Å². The molecule has 8 nitrogen and oxygen atoms in total. The van der Waals surface area contributed by atoms with E-state index in [1.807, 2.05) is 13.8 Å². The number of carbonyl (C=O) groups is 1. The average molecular weight is 358 g/mol. The van der Waals surface area contributed by atoms with Gasteiger partial charge in [-0.3, -0.25) is 4.79 Å². The van der Waals surface area contributed by atoms with Gasteiger partial charge in [-0.2, -0.15) is 4.98 Å². The number of hydrogen-bond donors (Lipinski definition) is 2. The van der Waals surface area contributed by atoms with Crippen LogP contribution in [0.2, 0.25) is 0 Å². The number of benzene rings is 1. The topological polar surface area (TPSA) is 93.3 Å². The van der Waals surface area contributed by atoms with Gasteiger partial charge in [-0.05, 0) is 43.7 Å². The SMILES string of the molecule is CCC(C)NC(=O)Cn1nc2nc(Nc3ccc(F)cc3)ccn2c1=O. The lowest BCUT2D eigenvalue weighted by Crippen LogP contribution is -2.37. The molecule has 1 atom stereocenters. The zero-order valence-corrected chi connectivity index (χ0v) is 14.4. The summed E-state index contributed by atoms with van der Waals surface area (Å²) in [6.07, 6.45) is 2.32. The number of nitrogens with one attached hydrogen (secondary N) is 2. The summed E-state index contributed by atoms with van der Waals surface area (Å²) in [7, 11) is 0. The van der Waals surface area contributed by atoms with Crippen LogP contribution >= 0.6 is 0 Å². The number of halogens is 1. The van der Waals surface area contributed by atoms with Gasteiger partial charge in [0.2, 0.25) is 5.91 Å². The highest BCUT2D eigenvalue weighted by Crippen LogP contribution is 2.14. The maximum absolute atomic E-state index is 13.0. The minimum atomic E-state index is -0.444. The molecule has 3 rings (SSSR count). The van der Waals surface area contributed by atoms with Crippen LogP contribution in [0.4, 0.5) is 15.9 Å². The van der Waals surface area contributed by atoms with E-state index in [0.717, 1.165) is 11.1 Å². The van der Waals surface area contributed by atoms with Crippen LogP contribution < -0.4 is 16.3 Å². The van der Waals surface area contributed by atoms with E-state index in [1.54, 1.807) is 18.2 Å². The predicted molar refractivity (Wildman–Crippen MR) is 94.8 cm³/mol. The Bertz CT molecular complexity index is 979. The van der Waals surface area contributed by atoms with E-state index in [0.29, 0.717) is 11.5 Å². The molecule has 2 heterocycles. The minimum absolute atomic E-state index is 0.0277. The van der Waals surface area contributed by atoms with Crippen molar-refractivity contribution >= 4 is 23.2 Å². The van der Waals surface area contributed by atoms with Gasteiger partial charge in [0.05, 0.1) is 0 Å². The molecule has 26 heavy (non-hydrogen) atoms. The number of aromatic nitrogens is 4. The van der Waals surface area contributed by atoms with Gasteiger partial charge in [0.25, 0.3) is 5.78 Å². The van der Waals surface area contributed by atoms with Crippen LogP contribution in [-0.4, -0.2) is 31.1 Å². The summed E-state index contributed by atoms with van der Waals surface area (Å²) >= 11 is 0. The van der Waals surface area contributed by atoms with Gasteiger partial charge in [0.15, 0.2) is 0 Å². The fourth-order valence-corrected chi connectivity index (χ4v) is 2.32. The number of hydrogen-bond acceptors (Lipinski definition) is 5. The Morgan fingerprint density at radius 1 is 1.27 bits per heavy atom. The summed E-state index contributed by atoms with van der Waals surface area (Å²) < 4.78 is 15.3. The summed E-state index contributed by atoms with van der Waals surface area (Å²) in [5.41, 5.74) is 0.207. The third-order valence-corrected chi connectivity index (χ3v) is 3.88. The molecule has 1 unspecified atom stereocenters. The molecule has 136 valence electrons. The molecule has 0 spiro atoms. The molecule has 3 aromatic rings. The summed E-state index contributed by atoms with van der Waals surface area (Å²) in [5.74, 6) is -0.00166. The second kappa shape index (κ2) is 7.34. The van der Waals surface area contributed by atoms with Gasteiger partial charge in [-0.15, -0.1) is 5.10 Å². The van der Waals surface area contributed by atoms with Crippen LogP contribution in [0.1, 0.15) is 20.3 Å². The van der Waals surface area contributed by atoms with Gasteiger partial charge in [-0.25, -0.2) is 18.3 Å². The van der Waals surface area contributed by atoms with Gasteiger partial charge < -0.3 is 10.6 Å². The second-order valence-electron chi connectivity index (χ2n) is 5.93. The van der Waals surface area contributed by atoms with E-state index < -0.39 is 5.69 Å². The first-order valence-corrected chi connectivity index (χ1v) is 8.24. The number of amides is 1. The van der Waals surface area contributed by atoms with E-state index in [2.05, 4.69) is 20.7 Å². The quantitative estimate of drug-likeness (QED) is 0.699. The van der Waals surface area contributed by atoms with Crippen molar-refractivity contribution in [2.75, 3.05) is 5.32 Å². The van der Waals surface area contributed by atoms with Crippen molar-refractivity contribution in [1.82, 2.24) is 24.5 Å². The predicted octanol–water partition coefficient (Wildman–Crippen LogP) is 1.69. The van der Waals surface area contributed by atoms with Crippen molar-refractivity contribution in [3.05, 3.63) is 52.8 Å². The van der Waals surface area contributed by atoms with E-state index in [9.17, 15) is 14.0 Å². The molecule has 0 aliphatic rings. The molecule has 0 bridgehead atoms. The highest BCUT2D eigenvalue weighted by Gasteiger charge is 2.13. The molecular weight excluding hydrogens is 339 g/mol. The molecule has 0 fully saturated rings. The summed E-state index contributed by atoms with van der Waals surface area (Å²) in [6.45, 7) is 3.67. The smallest absolute Gasteiger partial charge is 0.352 e. The van der Waals surface area contributed by atoms with E-state index >= 15 is 0 Å². The Balaban J connectivity index is 1.81. The first kappa shape index (κ1) is 17.6. The van der Waals surface area contributed by atoms with Gasteiger partial charge in [0, 0.05) is 17.9 Å². The number of carbonyl (C=O) groups excluding carboxylic acids is 1. The monoisotopic (exact) mass is 358 g/mol. The minimum Gasteiger partial charge on any atom is -0.352 e. The van der Waals surface area contributed by atoms with Gasteiger partial charge >= 0.3 is 5.69 Å². The number of fused-ring (bicyclic) bond motifs is 1. The first-order chi connectivity index (χ1) is 12.5. The van der Waals surface area contributed by atoms with Crippen LogP contribution in [0.5, 0.6) is 0 Å². The zero-order chi connectivity index (χ0) is 18.7. The maximum atomic E-state index is 13.0. The molecular formula is C17H19FN6O2. The van der Waals surface area contributed by atoms with Crippen LogP contribution in [-0.2, 0) is 11.3 Å². The molecule has 0 saturated heterocycles. The Hall–Kier alpha value is -3.23. The Kier molecular flexibility index (Phi) is 4.97. The highest BCUT2D eigenvalue weighted by molar-refractivity contribution is 5.75. The third-order valence-electron chi connectivity index (χ3n) is 3.88. The molecule has 2 N–H and O–H groups in total. The molecule has 1 amide bonds. The Labute approximate surface area is 148 Å². The van der Waals surface area contributed by atoms with Gasteiger partial charge in [0.1, 0.15) is 18.2 Å². The maximum Gasteiger partial charge on any atom is 0.352 e. The average Bonchev–Trinajstić information content (AvgIpc) is 2.92. The number of anilines is 2. The largest absolute Gasteiger partial charge is 0.352 e. The highest BCUT2D eigenvalue weighted by atomic mass is 19.1. The fourth-order valence-electron chi connectivity index (χ4n) is 2.32. The van der Waals surface area contributed by atoms with Crippen LogP contribution in [0.15, 0.2) is 41.3 Å². The van der Waals surface area contributed by atoms with Crippen molar-refractivity contribution < 1.29 is 9.18 Å². The molecule has 9 heteroatoms. The molecule has 0 aliphatic heterocycles. The second-order valence-corrected chi connectivity index (χ2v) is 5.93. The lowest BCUT2D eigenvalue weighted by Gasteiger charge is -2.10.